The number of methoxy groups -OCH3 is 1. The van der Waals surface area contributed by atoms with Gasteiger partial charge in [0.1, 0.15) is 10.8 Å². The minimum Gasteiger partial charge on any atom is -0.389 e. The third kappa shape index (κ3) is 6.91. The Morgan fingerprint density at radius 3 is 2.60 bits per heavy atom. The van der Waals surface area contributed by atoms with Crippen LogP contribution in [0.15, 0.2) is 18.2 Å². The number of ether oxygens (including phenoxy) is 3. The van der Waals surface area contributed by atoms with Gasteiger partial charge in [0.2, 0.25) is 0 Å². The molecule has 0 bridgehead atoms. The average molecular weight is 301 g/mol. The average Bonchev–Trinajstić information content (AvgIpc) is 2.41. The highest BCUT2D eigenvalue weighted by Crippen LogP contribution is 2.10. The van der Waals surface area contributed by atoms with E-state index in [2.05, 4.69) is 0 Å². The fraction of sp³-hybridized carbons (Fsp3) is 0.500. The Labute approximate surface area is 124 Å². The largest absolute Gasteiger partial charge is 0.389 e. The first kappa shape index (κ1) is 17.0. The van der Waals surface area contributed by atoms with Crippen molar-refractivity contribution in [3.8, 4) is 0 Å². The predicted molar refractivity (Wildman–Crippen MR) is 79.3 cm³/mol. The predicted octanol–water partition coefficient (Wildman–Crippen LogP) is 2.03. The number of hydrogen-bond acceptors (Lipinski definition) is 4. The molecule has 0 amide bonds. The molecule has 0 unspecified atom stereocenters. The summed E-state index contributed by atoms with van der Waals surface area (Å²) in [5, 5.41) is 0. The van der Waals surface area contributed by atoms with Gasteiger partial charge in [-0.05, 0) is 30.2 Å². The third-order valence-electron chi connectivity index (χ3n) is 2.52. The zero-order chi connectivity index (χ0) is 14.8. The first-order valence-electron chi connectivity index (χ1n) is 6.37. The van der Waals surface area contributed by atoms with Crippen LogP contribution in [0.25, 0.3) is 0 Å². The quantitative estimate of drug-likeness (QED) is 0.529. The van der Waals surface area contributed by atoms with Crippen LogP contribution in [-0.2, 0) is 20.8 Å². The molecule has 0 spiro atoms. The topological polar surface area (TPSA) is 53.7 Å². The number of rotatable bonds is 10. The highest BCUT2D eigenvalue weighted by molar-refractivity contribution is 7.80. The number of halogens is 1. The van der Waals surface area contributed by atoms with Crippen LogP contribution in [0.1, 0.15) is 17.5 Å². The molecule has 2 N–H and O–H groups in total. The summed E-state index contributed by atoms with van der Waals surface area (Å²) in [5.41, 5.74) is 6.69. The smallest absolute Gasteiger partial charge is 0.124 e. The van der Waals surface area contributed by atoms with Gasteiger partial charge in [0, 0.05) is 25.9 Å². The van der Waals surface area contributed by atoms with Gasteiger partial charge in [0.05, 0.1) is 19.8 Å². The molecular formula is C14H20FNO3S. The molecule has 1 aromatic carbocycles. The van der Waals surface area contributed by atoms with Crippen LogP contribution < -0.4 is 5.73 Å². The second kappa shape index (κ2) is 9.77. The van der Waals surface area contributed by atoms with E-state index in [-0.39, 0.29) is 10.8 Å². The van der Waals surface area contributed by atoms with Crippen LogP contribution in [0, 0.1) is 5.82 Å². The van der Waals surface area contributed by atoms with E-state index in [1.54, 1.807) is 13.2 Å². The molecule has 0 atom stereocenters. The maximum Gasteiger partial charge on any atom is 0.124 e. The van der Waals surface area contributed by atoms with Gasteiger partial charge in [-0.3, -0.25) is 0 Å². The number of hydrogen-bond donors (Lipinski definition) is 1. The summed E-state index contributed by atoms with van der Waals surface area (Å²) >= 11 is 4.83. The van der Waals surface area contributed by atoms with Crippen molar-refractivity contribution >= 4 is 17.2 Å². The van der Waals surface area contributed by atoms with Gasteiger partial charge in [-0.15, -0.1) is 0 Å². The van der Waals surface area contributed by atoms with E-state index in [4.69, 9.17) is 32.2 Å². The first-order valence-corrected chi connectivity index (χ1v) is 6.78. The summed E-state index contributed by atoms with van der Waals surface area (Å²) in [4.78, 5) is 0.173. The minimum atomic E-state index is -0.371. The van der Waals surface area contributed by atoms with Crippen molar-refractivity contribution in [1.82, 2.24) is 0 Å². The van der Waals surface area contributed by atoms with Crippen molar-refractivity contribution in [3.05, 3.63) is 35.1 Å². The van der Waals surface area contributed by atoms with Gasteiger partial charge in [-0.2, -0.15) is 0 Å². The normalized spacial score (nSPS) is 10.7. The molecule has 0 radical (unpaired) electrons. The second-order valence-corrected chi connectivity index (χ2v) is 4.66. The fourth-order valence-electron chi connectivity index (χ4n) is 1.59. The number of benzene rings is 1. The van der Waals surface area contributed by atoms with Crippen molar-refractivity contribution in [2.24, 2.45) is 5.73 Å². The van der Waals surface area contributed by atoms with Crippen molar-refractivity contribution in [2.45, 2.75) is 13.0 Å². The van der Waals surface area contributed by atoms with E-state index in [9.17, 15) is 4.39 Å². The van der Waals surface area contributed by atoms with Gasteiger partial charge in [0.25, 0.3) is 0 Å². The van der Waals surface area contributed by atoms with Crippen molar-refractivity contribution in [2.75, 3.05) is 33.5 Å². The van der Waals surface area contributed by atoms with Crippen molar-refractivity contribution in [1.29, 1.82) is 0 Å². The summed E-state index contributed by atoms with van der Waals surface area (Å²) in [6.45, 7) is 2.58. The Hall–Kier alpha value is -1.08. The Bertz CT molecular complexity index is 429. The molecule has 0 fully saturated rings. The first-order chi connectivity index (χ1) is 9.63. The SMILES string of the molecule is COCCCOCCOCc1cc(F)cc(C(N)=S)c1. The van der Waals surface area contributed by atoms with Gasteiger partial charge >= 0.3 is 0 Å². The Morgan fingerprint density at radius 1 is 1.15 bits per heavy atom. The second-order valence-electron chi connectivity index (χ2n) is 4.22. The van der Waals surface area contributed by atoms with Crippen LogP contribution in [0.5, 0.6) is 0 Å². The summed E-state index contributed by atoms with van der Waals surface area (Å²) in [6, 6.07) is 4.44. The van der Waals surface area contributed by atoms with Crippen LogP contribution in [0.2, 0.25) is 0 Å². The Balaban J connectivity index is 2.23. The van der Waals surface area contributed by atoms with Crippen LogP contribution in [0.4, 0.5) is 4.39 Å². The lowest BCUT2D eigenvalue weighted by Crippen LogP contribution is -2.11. The summed E-state index contributed by atoms with van der Waals surface area (Å²) in [5.74, 6) is -0.371. The molecule has 112 valence electrons. The standard InChI is InChI=1S/C14H20FNO3S/c1-17-3-2-4-18-5-6-19-10-11-7-12(14(16)20)9-13(15)8-11/h7-9H,2-6,10H2,1H3,(H2,16,20). The fourth-order valence-corrected chi connectivity index (χ4v) is 1.71. The molecule has 4 nitrogen and oxygen atoms in total. The number of thiocarbonyl (C=S) groups is 1. The molecule has 1 aromatic rings. The van der Waals surface area contributed by atoms with Crippen LogP contribution in [0.3, 0.4) is 0 Å². The molecule has 20 heavy (non-hydrogen) atoms. The van der Waals surface area contributed by atoms with Gasteiger partial charge < -0.3 is 19.9 Å². The molecule has 0 aliphatic carbocycles. The molecule has 0 heterocycles. The maximum absolute atomic E-state index is 13.3. The Kier molecular flexibility index (Phi) is 8.29. The van der Waals surface area contributed by atoms with Gasteiger partial charge in [-0.25, -0.2) is 4.39 Å². The van der Waals surface area contributed by atoms with E-state index < -0.39 is 0 Å². The van der Waals surface area contributed by atoms with Crippen LogP contribution in [-0.4, -0.2) is 38.5 Å². The molecular weight excluding hydrogens is 281 g/mol. The Morgan fingerprint density at radius 2 is 1.90 bits per heavy atom. The highest BCUT2D eigenvalue weighted by atomic mass is 32.1. The summed E-state index contributed by atoms with van der Waals surface area (Å²) < 4.78 is 29.0. The lowest BCUT2D eigenvalue weighted by atomic mass is 10.1. The van der Waals surface area contributed by atoms with E-state index in [0.29, 0.717) is 44.2 Å². The van der Waals surface area contributed by atoms with E-state index in [0.717, 1.165) is 6.42 Å². The van der Waals surface area contributed by atoms with Gasteiger partial charge in [0.15, 0.2) is 0 Å². The molecule has 0 saturated carbocycles. The summed E-state index contributed by atoms with van der Waals surface area (Å²) in [6.07, 6.45) is 0.859. The molecule has 6 heteroatoms. The van der Waals surface area contributed by atoms with E-state index >= 15 is 0 Å². The maximum atomic E-state index is 13.3. The van der Waals surface area contributed by atoms with Crippen LogP contribution >= 0.6 is 12.2 Å². The number of nitrogens with two attached hydrogens (primary N) is 1. The highest BCUT2D eigenvalue weighted by Gasteiger charge is 2.03. The molecule has 0 aromatic heterocycles. The zero-order valence-electron chi connectivity index (χ0n) is 11.6. The molecule has 0 saturated heterocycles. The molecule has 0 aliphatic heterocycles. The lowest BCUT2D eigenvalue weighted by Gasteiger charge is -2.07. The minimum absolute atomic E-state index is 0.173. The van der Waals surface area contributed by atoms with Gasteiger partial charge in [-0.1, -0.05) is 12.2 Å². The third-order valence-corrected chi connectivity index (χ3v) is 2.76. The monoisotopic (exact) mass is 301 g/mol. The molecule has 1 rings (SSSR count). The van der Waals surface area contributed by atoms with E-state index in [1.165, 1.54) is 12.1 Å². The zero-order valence-corrected chi connectivity index (χ0v) is 12.4. The molecule has 0 aliphatic rings. The van der Waals surface area contributed by atoms with Crippen molar-refractivity contribution in [3.63, 3.8) is 0 Å². The van der Waals surface area contributed by atoms with E-state index in [1.807, 2.05) is 0 Å². The van der Waals surface area contributed by atoms with Crippen molar-refractivity contribution < 1.29 is 18.6 Å². The summed E-state index contributed by atoms with van der Waals surface area (Å²) in [7, 11) is 1.66. The lowest BCUT2D eigenvalue weighted by molar-refractivity contribution is 0.0336.